The maximum Gasteiger partial charge on any atom is 0.143 e. The summed E-state index contributed by atoms with van der Waals surface area (Å²) in [7, 11) is 0. The van der Waals surface area contributed by atoms with Crippen LogP contribution in [0.25, 0.3) is 99.2 Å². The predicted molar refractivity (Wildman–Crippen MR) is 267 cm³/mol. The van der Waals surface area contributed by atoms with Gasteiger partial charge in [-0.15, -0.1) is 0 Å². The van der Waals surface area contributed by atoms with Crippen LogP contribution in [0.3, 0.4) is 0 Å². The lowest BCUT2D eigenvalue weighted by Gasteiger charge is -2.28. The lowest BCUT2D eigenvalue weighted by Crippen LogP contribution is -2.16. The average Bonchev–Trinajstić information content (AvgIpc) is 3.99. The Balaban J connectivity index is 0.916. The molecule has 0 amide bonds. The molecule has 3 nitrogen and oxygen atoms in total. The number of benzene rings is 10. The molecule has 1 aliphatic carbocycles. The van der Waals surface area contributed by atoms with E-state index in [1.807, 2.05) is 24.3 Å². The molecular weight excluding hydrogens is 779 g/mol. The quantitative estimate of drug-likeness (QED) is 0.167. The van der Waals surface area contributed by atoms with E-state index in [9.17, 15) is 0 Å². The van der Waals surface area contributed by atoms with E-state index in [-0.39, 0.29) is 5.41 Å². The van der Waals surface area contributed by atoms with Crippen molar-refractivity contribution in [3.05, 3.63) is 223 Å². The standard InChI is InChI=1S/C61H41NO2/c1-61(2)55-36-43(42-22-21-38-11-3-4-12-41(38)35-42)27-33-49(55)50-34-32-46(37-56(50)61)62(44-28-23-39(24-29-44)47-15-9-17-53-51-13-5-7-19-57(51)63-59(47)53)45-30-25-40(26-31-45)48-16-10-18-54-52-14-6-8-20-58(52)64-60(48)54/h3-37H,1-2H3. The molecule has 0 atom stereocenters. The van der Waals surface area contributed by atoms with Crippen molar-refractivity contribution in [3.8, 4) is 44.5 Å². The highest BCUT2D eigenvalue weighted by atomic mass is 16.3. The van der Waals surface area contributed by atoms with E-state index in [2.05, 4.69) is 207 Å². The normalized spacial score (nSPS) is 13.0. The Bertz CT molecular complexity index is 3650. The maximum atomic E-state index is 6.47. The minimum atomic E-state index is -0.219. The Labute approximate surface area is 371 Å². The van der Waals surface area contributed by atoms with Gasteiger partial charge in [0, 0.05) is 55.1 Å². The van der Waals surface area contributed by atoms with Crippen molar-refractivity contribution in [3.63, 3.8) is 0 Å². The van der Waals surface area contributed by atoms with Crippen molar-refractivity contribution in [2.45, 2.75) is 19.3 Å². The Morgan fingerprint density at radius 1 is 0.328 bits per heavy atom. The first kappa shape index (κ1) is 36.5. The van der Waals surface area contributed by atoms with Crippen molar-refractivity contribution in [2.75, 3.05) is 4.90 Å². The van der Waals surface area contributed by atoms with Crippen LogP contribution in [0.1, 0.15) is 25.0 Å². The van der Waals surface area contributed by atoms with Gasteiger partial charge >= 0.3 is 0 Å². The van der Waals surface area contributed by atoms with Gasteiger partial charge in [0.2, 0.25) is 0 Å². The molecule has 13 rings (SSSR count). The van der Waals surface area contributed by atoms with Crippen LogP contribution < -0.4 is 4.90 Å². The molecule has 2 heterocycles. The third kappa shape index (κ3) is 5.60. The van der Waals surface area contributed by atoms with Gasteiger partial charge in [0.25, 0.3) is 0 Å². The number of fused-ring (bicyclic) bond motifs is 10. The van der Waals surface area contributed by atoms with E-state index in [0.29, 0.717) is 0 Å². The molecule has 0 fully saturated rings. The lowest BCUT2D eigenvalue weighted by atomic mass is 9.81. The highest BCUT2D eigenvalue weighted by Crippen LogP contribution is 2.52. The zero-order chi connectivity index (χ0) is 42.5. The summed E-state index contributed by atoms with van der Waals surface area (Å²) in [5.41, 5.74) is 18.8. The van der Waals surface area contributed by atoms with Crippen LogP contribution in [0.4, 0.5) is 17.1 Å². The number of rotatable bonds is 6. The van der Waals surface area contributed by atoms with E-state index < -0.39 is 0 Å². The Kier molecular flexibility index (Phi) is 7.95. The Morgan fingerprint density at radius 3 is 1.39 bits per heavy atom. The number of furan rings is 2. The minimum Gasteiger partial charge on any atom is -0.455 e. The van der Waals surface area contributed by atoms with Crippen molar-refractivity contribution >= 4 is 71.7 Å². The number of nitrogens with zero attached hydrogens (tertiary/aromatic N) is 1. The summed E-state index contributed by atoms with van der Waals surface area (Å²) in [6.07, 6.45) is 0. The van der Waals surface area contributed by atoms with Crippen LogP contribution in [0.2, 0.25) is 0 Å². The molecule has 1 aliphatic rings. The maximum absolute atomic E-state index is 6.47. The molecule has 3 heteroatoms. The van der Waals surface area contributed by atoms with Gasteiger partial charge in [-0.3, -0.25) is 0 Å². The van der Waals surface area contributed by atoms with Crippen molar-refractivity contribution in [2.24, 2.45) is 0 Å². The first-order valence-electron chi connectivity index (χ1n) is 22.1. The molecule has 2 aromatic heterocycles. The van der Waals surface area contributed by atoms with Crippen LogP contribution in [0.5, 0.6) is 0 Å². The first-order valence-corrected chi connectivity index (χ1v) is 22.1. The number of para-hydroxylation sites is 4. The summed E-state index contributed by atoms with van der Waals surface area (Å²) < 4.78 is 12.9. The van der Waals surface area contributed by atoms with E-state index in [1.165, 1.54) is 44.2 Å². The largest absolute Gasteiger partial charge is 0.455 e. The average molecular weight is 820 g/mol. The minimum absolute atomic E-state index is 0.219. The fraction of sp³-hybridized carbons (Fsp3) is 0.0492. The fourth-order valence-corrected chi connectivity index (χ4v) is 10.4. The molecule has 0 saturated heterocycles. The highest BCUT2D eigenvalue weighted by Gasteiger charge is 2.36. The predicted octanol–water partition coefficient (Wildman–Crippen LogP) is 17.4. The van der Waals surface area contributed by atoms with Gasteiger partial charge in [-0.2, -0.15) is 0 Å². The summed E-state index contributed by atoms with van der Waals surface area (Å²) in [4.78, 5) is 2.39. The van der Waals surface area contributed by atoms with Gasteiger partial charge in [-0.1, -0.05) is 166 Å². The molecule has 0 aliphatic heterocycles. The third-order valence-electron chi connectivity index (χ3n) is 13.7. The number of anilines is 3. The Morgan fingerprint density at radius 2 is 0.781 bits per heavy atom. The second kappa shape index (κ2) is 13.9. The second-order valence-electron chi connectivity index (χ2n) is 17.7. The van der Waals surface area contributed by atoms with Gasteiger partial charge in [0.05, 0.1) is 0 Å². The molecule has 0 bridgehead atoms. The molecule has 0 spiro atoms. The monoisotopic (exact) mass is 819 g/mol. The molecule has 0 unspecified atom stereocenters. The zero-order valence-electron chi connectivity index (χ0n) is 35.5. The first-order chi connectivity index (χ1) is 31.5. The summed E-state index contributed by atoms with van der Waals surface area (Å²) in [5, 5.41) is 7.04. The Hall–Kier alpha value is -8.14. The number of hydrogen-bond acceptors (Lipinski definition) is 3. The molecule has 12 aromatic rings. The second-order valence-corrected chi connectivity index (χ2v) is 17.7. The summed E-state index contributed by atoms with van der Waals surface area (Å²) in [5.74, 6) is 0. The van der Waals surface area contributed by atoms with Crippen molar-refractivity contribution in [1.29, 1.82) is 0 Å². The lowest BCUT2D eigenvalue weighted by molar-refractivity contribution is 0.660. The molecule has 302 valence electrons. The fourth-order valence-electron chi connectivity index (χ4n) is 10.4. The van der Waals surface area contributed by atoms with Gasteiger partial charge in [-0.05, 0) is 116 Å². The molecule has 0 N–H and O–H groups in total. The van der Waals surface area contributed by atoms with Crippen LogP contribution in [-0.4, -0.2) is 0 Å². The van der Waals surface area contributed by atoms with Gasteiger partial charge in [0.1, 0.15) is 22.3 Å². The smallest absolute Gasteiger partial charge is 0.143 e. The molecule has 0 saturated carbocycles. The molecule has 10 aromatic carbocycles. The van der Waals surface area contributed by atoms with Crippen LogP contribution in [0, 0.1) is 0 Å². The van der Waals surface area contributed by atoms with E-state index in [1.54, 1.807) is 0 Å². The summed E-state index contributed by atoms with van der Waals surface area (Å²) in [6.45, 7) is 4.74. The topological polar surface area (TPSA) is 29.5 Å². The van der Waals surface area contributed by atoms with Gasteiger partial charge < -0.3 is 13.7 Å². The SMILES string of the molecule is CC1(C)c2cc(-c3ccc4ccccc4c3)ccc2-c2ccc(N(c3ccc(-c4cccc5c4oc4ccccc45)cc3)c3ccc(-c4cccc5c4oc4ccccc45)cc3)cc21. The van der Waals surface area contributed by atoms with Crippen LogP contribution >= 0.6 is 0 Å². The number of hydrogen-bond donors (Lipinski definition) is 0. The van der Waals surface area contributed by atoms with Crippen molar-refractivity contribution < 1.29 is 8.83 Å². The van der Waals surface area contributed by atoms with Crippen molar-refractivity contribution in [1.82, 2.24) is 0 Å². The van der Waals surface area contributed by atoms with E-state index in [0.717, 1.165) is 83.2 Å². The van der Waals surface area contributed by atoms with Crippen LogP contribution in [-0.2, 0) is 5.41 Å². The van der Waals surface area contributed by atoms with E-state index >= 15 is 0 Å². The molecule has 0 radical (unpaired) electrons. The molecule has 64 heavy (non-hydrogen) atoms. The third-order valence-corrected chi connectivity index (χ3v) is 13.7. The molecular formula is C61H41NO2. The summed E-state index contributed by atoms with van der Waals surface area (Å²) >= 11 is 0. The zero-order valence-corrected chi connectivity index (χ0v) is 35.5. The highest BCUT2D eigenvalue weighted by molar-refractivity contribution is 6.10. The summed E-state index contributed by atoms with van der Waals surface area (Å²) in [6, 6.07) is 76.7. The van der Waals surface area contributed by atoms with E-state index in [4.69, 9.17) is 8.83 Å². The van der Waals surface area contributed by atoms with Gasteiger partial charge in [-0.25, -0.2) is 0 Å². The van der Waals surface area contributed by atoms with Gasteiger partial charge in [0.15, 0.2) is 0 Å². The van der Waals surface area contributed by atoms with Crippen LogP contribution in [0.15, 0.2) is 221 Å².